The van der Waals surface area contributed by atoms with E-state index in [1.54, 1.807) is 17.9 Å². The van der Waals surface area contributed by atoms with Gasteiger partial charge in [0.2, 0.25) is 5.91 Å². The van der Waals surface area contributed by atoms with Crippen molar-refractivity contribution in [2.24, 2.45) is 7.05 Å². The molecule has 0 saturated carbocycles. The summed E-state index contributed by atoms with van der Waals surface area (Å²) in [6.45, 7) is 4.12. The fourth-order valence-corrected chi connectivity index (χ4v) is 2.58. The van der Waals surface area contributed by atoms with Crippen LogP contribution in [0.25, 0.3) is 0 Å². The minimum Gasteiger partial charge on any atom is -0.352 e. The maximum atomic E-state index is 12.5. The van der Waals surface area contributed by atoms with Gasteiger partial charge in [-0.2, -0.15) is 5.10 Å². The molecule has 5 heteroatoms. The predicted molar refractivity (Wildman–Crippen MR) is 87.5 cm³/mol. The quantitative estimate of drug-likeness (QED) is 0.854. The van der Waals surface area contributed by atoms with Crippen molar-refractivity contribution in [2.45, 2.75) is 32.4 Å². The maximum Gasteiger partial charge on any atom is 0.242 e. The Morgan fingerprint density at radius 2 is 2.09 bits per heavy atom. The van der Waals surface area contributed by atoms with Crippen LogP contribution in [0.2, 0.25) is 0 Å². The van der Waals surface area contributed by atoms with Crippen LogP contribution in [0.4, 0.5) is 0 Å². The van der Waals surface area contributed by atoms with E-state index < -0.39 is 0 Å². The summed E-state index contributed by atoms with van der Waals surface area (Å²) in [6, 6.07) is 7.95. The van der Waals surface area contributed by atoms with Gasteiger partial charge in [0.05, 0.1) is 6.20 Å². The predicted octanol–water partition coefficient (Wildman–Crippen LogP) is 1.74. The summed E-state index contributed by atoms with van der Waals surface area (Å²) in [6.07, 6.45) is 4.39. The van der Waals surface area contributed by atoms with Gasteiger partial charge in [0, 0.05) is 24.8 Å². The van der Waals surface area contributed by atoms with Crippen molar-refractivity contribution in [1.82, 2.24) is 20.4 Å². The van der Waals surface area contributed by atoms with Gasteiger partial charge in [0.15, 0.2) is 0 Å². The molecule has 1 aromatic carbocycles. The Kier molecular flexibility index (Phi) is 5.33. The number of aromatic nitrogens is 2. The van der Waals surface area contributed by atoms with Crippen LogP contribution in [0.1, 0.15) is 29.7 Å². The van der Waals surface area contributed by atoms with E-state index >= 15 is 0 Å². The molecule has 118 valence electrons. The molecule has 0 aliphatic heterocycles. The molecule has 2 atom stereocenters. The van der Waals surface area contributed by atoms with E-state index in [0.717, 1.165) is 12.0 Å². The molecule has 2 rings (SSSR count). The average Bonchev–Trinajstić information content (AvgIpc) is 2.88. The van der Waals surface area contributed by atoms with E-state index in [4.69, 9.17) is 0 Å². The zero-order valence-corrected chi connectivity index (χ0v) is 13.6. The summed E-state index contributed by atoms with van der Waals surface area (Å²) in [5.41, 5.74) is 3.38. The van der Waals surface area contributed by atoms with E-state index in [1.165, 1.54) is 11.1 Å². The topological polar surface area (TPSA) is 59.0 Å². The molecular weight excluding hydrogens is 276 g/mol. The largest absolute Gasteiger partial charge is 0.352 e. The molecule has 0 fully saturated rings. The molecule has 0 saturated heterocycles. The van der Waals surface area contributed by atoms with Gasteiger partial charge in [-0.3, -0.25) is 9.48 Å². The first kappa shape index (κ1) is 16.2. The number of hydrogen-bond acceptors (Lipinski definition) is 3. The van der Waals surface area contributed by atoms with Crippen molar-refractivity contribution >= 4 is 5.91 Å². The number of carbonyl (C=O) groups excluding carboxylic acids is 1. The summed E-state index contributed by atoms with van der Waals surface area (Å²) in [4.78, 5) is 12.5. The number of aryl methyl sites for hydroxylation is 2. The van der Waals surface area contributed by atoms with Crippen LogP contribution in [0, 0.1) is 6.92 Å². The Morgan fingerprint density at radius 1 is 1.36 bits per heavy atom. The fourth-order valence-electron chi connectivity index (χ4n) is 2.58. The van der Waals surface area contributed by atoms with Crippen LogP contribution in [0.5, 0.6) is 0 Å². The Morgan fingerprint density at radius 3 is 2.68 bits per heavy atom. The van der Waals surface area contributed by atoms with Gasteiger partial charge in [-0.15, -0.1) is 0 Å². The molecule has 5 nitrogen and oxygen atoms in total. The summed E-state index contributed by atoms with van der Waals surface area (Å²) in [5, 5.41) is 10.2. The lowest BCUT2D eigenvalue weighted by molar-refractivity contribution is -0.123. The standard InChI is InChI=1S/C17H24N4O/c1-12-7-5-6-8-14(12)9-13(2)20-17(22)16(18-3)15-10-19-21(4)11-15/h5-8,10-11,13,16,18H,9H2,1-4H3,(H,20,22). The number of likely N-dealkylation sites (N-methyl/N-ethyl adjacent to an activating group) is 1. The van der Waals surface area contributed by atoms with Crippen molar-refractivity contribution in [3.63, 3.8) is 0 Å². The highest BCUT2D eigenvalue weighted by Gasteiger charge is 2.21. The highest BCUT2D eigenvalue weighted by molar-refractivity contribution is 5.83. The third-order valence-electron chi connectivity index (χ3n) is 3.79. The first-order chi connectivity index (χ1) is 10.5. The number of amides is 1. The number of hydrogen-bond donors (Lipinski definition) is 2. The van der Waals surface area contributed by atoms with Crippen LogP contribution in [0.3, 0.4) is 0 Å². The second-order valence-corrected chi connectivity index (χ2v) is 5.71. The summed E-state index contributed by atoms with van der Waals surface area (Å²) < 4.78 is 1.70. The lowest BCUT2D eigenvalue weighted by Gasteiger charge is -2.20. The molecule has 2 aromatic rings. The number of carbonyl (C=O) groups is 1. The molecule has 2 unspecified atom stereocenters. The van der Waals surface area contributed by atoms with Crippen molar-refractivity contribution in [1.29, 1.82) is 0 Å². The first-order valence-electron chi connectivity index (χ1n) is 7.52. The van der Waals surface area contributed by atoms with E-state index in [9.17, 15) is 4.79 Å². The first-order valence-corrected chi connectivity index (χ1v) is 7.52. The molecule has 0 spiro atoms. The third kappa shape index (κ3) is 3.95. The Labute approximate surface area is 131 Å². The van der Waals surface area contributed by atoms with E-state index in [1.807, 2.05) is 32.3 Å². The van der Waals surface area contributed by atoms with Gasteiger partial charge in [0.1, 0.15) is 6.04 Å². The fraction of sp³-hybridized carbons (Fsp3) is 0.412. The van der Waals surface area contributed by atoms with E-state index in [2.05, 4.69) is 34.8 Å². The number of benzene rings is 1. The highest BCUT2D eigenvalue weighted by atomic mass is 16.2. The SMILES string of the molecule is CNC(C(=O)NC(C)Cc1ccccc1C)c1cnn(C)c1. The van der Waals surface area contributed by atoms with Crippen molar-refractivity contribution in [3.8, 4) is 0 Å². The van der Waals surface area contributed by atoms with Gasteiger partial charge in [-0.1, -0.05) is 24.3 Å². The Hall–Kier alpha value is -2.14. The average molecular weight is 300 g/mol. The zero-order chi connectivity index (χ0) is 16.1. The molecule has 1 aromatic heterocycles. The van der Waals surface area contributed by atoms with Gasteiger partial charge in [-0.05, 0) is 38.4 Å². The number of nitrogens with one attached hydrogen (secondary N) is 2. The molecule has 1 heterocycles. The summed E-state index contributed by atoms with van der Waals surface area (Å²) >= 11 is 0. The van der Waals surface area contributed by atoms with Crippen molar-refractivity contribution in [2.75, 3.05) is 7.05 Å². The molecular formula is C17H24N4O. The second kappa shape index (κ2) is 7.22. The Balaban J connectivity index is 1.99. The molecule has 0 aliphatic rings. The molecule has 1 amide bonds. The lowest BCUT2D eigenvalue weighted by Crippen LogP contribution is -2.41. The zero-order valence-electron chi connectivity index (χ0n) is 13.6. The lowest BCUT2D eigenvalue weighted by atomic mass is 10.0. The van der Waals surface area contributed by atoms with Gasteiger partial charge < -0.3 is 10.6 Å². The van der Waals surface area contributed by atoms with Gasteiger partial charge >= 0.3 is 0 Å². The van der Waals surface area contributed by atoms with Crippen LogP contribution in [0.15, 0.2) is 36.7 Å². The van der Waals surface area contributed by atoms with Crippen LogP contribution >= 0.6 is 0 Å². The molecule has 2 N–H and O–H groups in total. The van der Waals surface area contributed by atoms with Crippen LogP contribution in [-0.2, 0) is 18.3 Å². The third-order valence-corrected chi connectivity index (χ3v) is 3.79. The molecule has 0 bridgehead atoms. The second-order valence-electron chi connectivity index (χ2n) is 5.71. The number of nitrogens with zero attached hydrogens (tertiary/aromatic N) is 2. The van der Waals surface area contributed by atoms with Crippen LogP contribution < -0.4 is 10.6 Å². The van der Waals surface area contributed by atoms with Gasteiger partial charge in [-0.25, -0.2) is 0 Å². The van der Waals surface area contributed by atoms with E-state index in [-0.39, 0.29) is 18.0 Å². The minimum atomic E-state index is -0.381. The molecule has 22 heavy (non-hydrogen) atoms. The normalized spacial score (nSPS) is 13.6. The van der Waals surface area contributed by atoms with Gasteiger partial charge in [0.25, 0.3) is 0 Å². The Bertz CT molecular complexity index is 635. The van der Waals surface area contributed by atoms with E-state index in [0.29, 0.717) is 0 Å². The van der Waals surface area contributed by atoms with Crippen LogP contribution in [-0.4, -0.2) is 28.8 Å². The minimum absolute atomic E-state index is 0.0309. The number of rotatable bonds is 6. The smallest absolute Gasteiger partial charge is 0.242 e. The van der Waals surface area contributed by atoms with Crippen molar-refractivity contribution < 1.29 is 4.79 Å². The highest BCUT2D eigenvalue weighted by Crippen LogP contribution is 2.13. The molecule has 0 radical (unpaired) electrons. The molecule has 0 aliphatic carbocycles. The monoisotopic (exact) mass is 300 g/mol. The summed E-state index contributed by atoms with van der Waals surface area (Å²) in [5.74, 6) is -0.0309. The van der Waals surface area contributed by atoms with Crippen molar-refractivity contribution in [3.05, 3.63) is 53.3 Å². The maximum absolute atomic E-state index is 12.5. The summed E-state index contributed by atoms with van der Waals surface area (Å²) in [7, 11) is 3.62.